The molecule has 1 aromatic heterocycles. The second-order valence-corrected chi connectivity index (χ2v) is 5.64. The number of nitrogens with one attached hydrogen (secondary N) is 1. The molecule has 122 valence electrons. The van der Waals surface area contributed by atoms with Gasteiger partial charge in [-0.25, -0.2) is 8.78 Å². The van der Waals surface area contributed by atoms with Crippen LogP contribution >= 0.6 is 0 Å². The van der Waals surface area contributed by atoms with Crippen LogP contribution < -0.4 is 5.32 Å². The summed E-state index contributed by atoms with van der Waals surface area (Å²) in [5.74, 6) is -1.13. The van der Waals surface area contributed by atoms with E-state index in [9.17, 15) is 13.6 Å². The van der Waals surface area contributed by atoms with Crippen LogP contribution in [0.15, 0.2) is 41.0 Å². The van der Waals surface area contributed by atoms with Crippen molar-refractivity contribution in [1.82, 2.24) is 10.2 Å². The van der Waals surface area contributed by atoms with Gasteiger partial charge in [0.2, 0.25) is 5.91 Å². The molecule has 0 saturated carbocycles. The van der Waals surface area contributed by atoms with Crippen molar-refractivity contribution >= 4 is 5.91 Å². The fourth-order valence-corrected chi connectivity index (χ4v) is 2.91. The zero-order valence-corrected chi connectivity index (χ0v) is 12.6. The molecule has 1 aromatic carbocycles. The summed E-state index contributed by atoms with van der Waals surface area (Å²) in [6.45, 7) is 1.24. The molecule has 0 spiro atoms. The van der Waals surface area contributed by atoms with Gasteiger partial charge in [-0.3, -0.25) is 9.69 Å². The minimum Gasteiger partial charge on any atom is -0.467 e. The Hall–Kier alpha value is -2.21. The smallest absolute Gasteiger partial charge is 0.237 e. The quantitative estimate of drug-likeness (QED) is 0.921. The van der Waals surface area contributed by atoms with Gasteiger partial charge in [0.25, 0.3) is 0 Å². The SMILES string of the molecule is O=C(NCc1ccco1)[C@@H]1CCCN1Cc1cccc(F)c1F. The molecule has 0 unspecified atom stereocenters. The highest BCUT2D eigenvalue weighted by atomic mass is 19.2. The largest absolute Gasteiger partial charge is 0.467 e. The standard InChI is InChI=1S/C17H18F2N2O2/c18-14-6-1-4-12(16(14)19)11-21-8-2-7-15(21)17(22)20-10-13-5-3-9-23-13/h1,3-6,9,15H,2,7-8,10-11H2,(H,20,22)/t15-/m0/s1. The number of nitrogens with zero attached hydrogens (tertiary/aromatic N) is 1. The van der Waals surface area contributed by atoms with Gasteiger partial charge in [-0.05, 0) is 37.6 Å². The van der Waals surface area contributed by atoms with Gasteiger partial charge in [0.1, 0.15) is 5.76 Å². The van der Waals surface area contributed by atoms with Crippen molar-refractivity contribution in [3.63, 3.8) is 0 Å². The van der Waals surface area contributed by atoms with Gasteiger partial charge in [-0.1, -0.05) is 12.1 Å². The first-order valence-corrected chi connectivity index (χ1v) is 7.62. The first-order chi connectivity index (χ1) is 11.1. The molecule has 3 rings (SSSR count). The third kappa shape index (κ3) is 3.59. The number of carbonyl (C=O) groups excluding carboxylic acids is 1. The van der Waals surface area contributed by atoms with Gasteiger partial charge >= 0.3 is 0 Å². The number of furan rings is 1. The summed E-state index contributed by atoms with van der Waals surface area (Å²) in [5.41, 5.74) is 0.274. The zero-order valence-electron chi connectivity index (χ0n) is 12.6. The first kappa shape index (κ1) is 15.7. The summed E-state index contributed by atoms with van der Waals surface area (Å²) < 4.78 is 32.3. The summed E-state index contributed by atoms with van der Waals surface area (Å²) in [6, 6.07) is 7.35. The highest BCUT2D eigenvalue weighted by Crippen LogP contribution is 2.22. The lowest BCUT2D eigenvalue weighted by Gasteiger charge is -2.23. The summed E-state index contributed by atoms with van der Waals surface area (Å²) in [5, 5.41) is 2.83. The monoisotopic (exact) mass is 320 g/mol. The van der Waals surface area contributed by atoms with Gasteiger partial charge in [0.15, 0.2) is 11.6 Å². The Labute approximate surface area is 133 Å². The van der Waals surface area contributed by atoms with E-state index in [-0.39, 0.29) is 24.1 Å². The van der Waals surface area contributed by atoms with Gasteiger partial charge in [0, 0.05) is 12.1 Å². The number of carbonyl (C=O) groups is 1. The lowest BCUT2D eigenvalue weighted by molar-refractivity contribution is -0.125. The average molecular weight is 320 g/mol. The molecule has 6 heteroatoms. The number of hydrogen-bond donors (Lipinski definition) is 1. The minimum absolute atomic E-state index is 0.115. The van der Waals surface area contributed by atoms with E-state index in [2.05, 4.69) is 5.32 Å². The third-order valence-corrected chi connectivity index (χ3v) is 4.09. The van der Waals surface area contributed by atoms with Crippen LogP contribution in [0.25, 0.3) is 0 Å². The van der Waals surface area contributed by atoms with E-state index in [0.717, 1.165) is 12.5 Å². The van der Waals surface area contributed by atoms with Gasteiger partial charge in [0.05, 0.1) is 18.8 Å². The molecular weight excluding hydrogens is 302 g/mol. The lowest BCUT2D eigenvalue weighted by Crippen LogP contribution is -2.42. The summed E-state index contributed by atoms with van der Waals surface area (Å²) >= 11 is 0. The number of likely N-dealkylation sites (tertiary alicyclic amines) is 1. The van der Waals surface area contributed by atoms with Gasteiger partial charge in [-0.15, -0.1) is 0 Å². The minimum atomic E-state index is -0.861. The fourth-order valence-electron chi connectivity index (χ4n) is 2.91. The predicted molar refractivity (Wildman–Crippen MR) is 80.3 cm³/mol. The first-order valence-electron chi connectivity index (χ1n) is 7.62. The summed E-state index contributed by atoms with van der Waals surface area (Å²) in [4.78, 5) is 14.2. The van der Waals surface area contributed by atoms with E-state index >= 15 is 0 Å². The number of amides is 1. The molecular formula is C17H18F2N2O2. The van der Waals surface area contributed by atoms with Crippen LogP contribution in [0.2, 0.25) is 0 Å². The Bertz CT molecular complexity index is 673. The van der Waals surface area contributed by atoms with Crippen molar-refractivity contribution in [2.24, 2.45) is 0 Å². The van der Waals surface area contributed by atoms with E-state index in [4.69, 9.17) is 4.42 Å². The van der Waals surface area contributed by atoms with Crippen LogP contribution in [0.1, 0.15) is 24.2 Å². The van der Waals surface area contributed by atoms with Crippen molar-refractivity contribution < 1.29 is 18.0 Å². The average Bonchev–Trinajstić information content (AvgIpc) is 3.21. The maximum absolute atomic E-state index is 13.8. The van der Waals surface area contributed by atoms with Crippen LogP contribution in [-0.4, -0.2) is 23.4 Å². The Kier molecular flexibility index (Phi) is 4.71. The molecule has 0 aliphatic carbocycles. The molecule has 1 saturated heterocycles. The van der Waals surface area contributed by atoms with E-state index < -0.39 is 11.6 Å². The van der Waals surface area contributed by atoms with Gasteiger partial charge in [-0.2, -0.15) is 0 Å². The molecule has 2 aromatic rings. The molecule has 0 bridgehead atoms. The molecule has 1 fully saturated rings. The van der Waals surface area contributed by atoms with Gasteiger partial charge < -0.3 is 9.73 Å². The van der Waals surface area contributed by atoms with Crippen LogP contribution in [0.5, 0.6) is 0 Å². The molecule has 1 aliphatic heterocycles. The molecule has 0 radical (unpaired) electrons. The van der Waals surface area contributed by atoms with Crippen molar-refractivity contribution in [3.05, 3.63) is 59.6 Å². The fraction of sp³-hybridized carbons (Fsp3) is 0.353. The Morgan fingerprint density at radius 2 is 2.17 bits per heavy atom. The van der Waals surface area contributed by atoms with Crippen LogP contribution in [0.4, 0.5) is 8.78 Å². The maximum atomic E-state index is 13.8. The molecule has 1 N–H and O–H groups in total. The predicted octanol–water partition coefficient (Wildman–Crippen LogP) is 2.84. The maximum Gasteiger partial charge on any atom is 0.237 e. The molecule has 23 heavy (non-hydrogen) atoms. The van der Waals surface area contributed by atoms with E-state index in [1.54, 1.807) is 24.5 Å². The molecule has 1 aliphatic rings. The summed E-state index contributed by atoms with van der Waals surface area (Å²) in [7, 11) is 0. The second-order valence-electron chi connectivity index (χ2n) is 5.64. The summed E-state index contributed by atoms with van der Waals surface area (Å²) in [6.07, 6.45) is 3.12. The van der Waals surface area contributed by atoms with E-state index in [1.165, 1.54) is 6.07 Å². The van der Waals surface area contributed by atoms with Crippen molar-refractivity contribution in [2.45, 2.75) is 32.0 Å². The van der Waals surface area contributed by atoms with Crippen LogP contribution in [0.3, 0.4) is 0 Å². The number of benzene rings is 1. The second kappa shape index (κ2) is 6.91. The van der Waals surface area contributed by atoms with E-state index in [0.29, 0.717) is 25.3 Å². The lowest BCUT2D eigenvalue weighted by atomic mass is 10.1. The highest BCUT2D eigenvalue weighted by molar-refractivity contribution is 5.81. The normalized spacial score (nSPS) is 18.3. The molecule has 4 nitrogen and oxygen atoms in total. The number of halogens is 2. The van der Waals surface area contributed by atoms with Crippen molar-refractivity contribution in [2.75, 3.05) is 6.54 Å². The van der Waals surface area contributed by atoms with Crippen molar-refractivity contribution in [3.8, 4) is 0 Å². The molecule has 1 amide bonds. The Balaban J connectivity index is 1.63. The highest BCUT2D eigenvalue weighted by Gasteiger charge is 2.31. The third-order valence-electron chi connectivity index (χ3n) is 4.09. The Morgan fingerprint density at radius 1 is 1.30 bits per heavy atom. The van der Waals surface area contributed by atoms with Crippen LogP contribution in [0, 0.1) is 11.6 Å². The Morgan fingerprint density at radius 3 is 2.96 bits per heavy atom. The zero-order chi connectivity index (χ0) is 16.2. The van der Waals surface area contributed by atoms with E-state index in [1.807, 2.05) is 4.90 Å². The number of rotatable bonds is 5. The van der Waals surface area contributed by atoms with Crippen LogP contribution in [-0.2, 0) is 17.9 Å². The molecule has 2 heterocycles. The topological polar surface area (TPSA) is 45.5 Å². The number of hydrogen-bond acceptors (Lipinski definition) is 3. The van der Waals surface area contributed by atoms with Crippen molar-refractivity contribution in [1.29, 1.82) is 0 Å². The molecule has 1 atom stereocenters.